The van der Waals surface area contributed by atoms with Crippen molar-refractivity contribution in [1.29, 1.82) is 0 Å². The van der Waals surface area contributed by atoms with Gasteiger partial charge in [0.05, 0.1) is 6.61 Å². The number of rotatable bonds is 7. The Bertz CT molecular complexity index is 408. The van der Waals surface area contributed by atoms with E-state index in [0.717, 1.165) is 13.0 Å². The van der Waals surface area contributed by atoms with Crippen LogP contribution in [0.25, 0.3) is 0 Å². The molecular formula is C12H19N3O3. The van der Waals surface area contributed by atoms with E-state index < -0.39 is 4.92 Å². The highest BCUT2D eigenvalue weighted by molar-refractivity contribution is 5.40. The van der Waals surface area contributed by atoms with E-state index in [9.17, 15) is 10.1 Å². The molecule has 0 saturated carbocycles. The molecular weight excluding hydrogens is 234 g/mol. The third-order valence-electron chi connectivity index (χ3n) is 2.28. The summed E-state index contributed by atoms with van der Waals surface area (Å²) < 4.78 is 5.39. The fraction of sp³-hybridized carbons (Fsp3) is 0.583. The number of hydrogen-bond acceptors (Lipinski definition) is 5. The van der Waals surface area contributed by atoms with Gasteiger partial charge in [0, 0.05) is 13.0 Å². The first-order valence-electron chi connectivity index (χ1n) is 5.99. The van der Waals surface area contributed by atoms with Crippen LogP contribution in [0.3, 0.4) is 0 Å². The molecule has 100 valence electrons. The van der Waals surface area contributed by atoms with Crippen molar-refractivity contribution in [2.24, 2.45) is 0 Å². The maximum Gasteiger partial charge on any atom is 0.406 e. The molecule has 0 fully saturated rings. The number of nitrogens with zero attached hydrogens (tertiary/aromatic N) is 2. The Kier molecular flexibility index (Phi) is 5.51. The van der Waals surface area contributed by atoms with Crippen LogP contribution in [0.2, 0.25) is 0 Å². The molecule has 0 bridgehead atoms. The van der Waals surface area contributed by atoms with E-state index in [4.69, 9.17) is 4.74 Å². The number of nitro groups is 1. The van der Waals surface area contributed by atoms with Gasteiger partial charge in [-0.3, -0.25) is 0 Å². The van der Waals surface area contributed by atoms with Gasteiger partial charge in [-0.2, -0.15) is 0 Å². The molecule has 1 aromatic rings. The van der Waals surface area contributed by atoms with Crippen LogP contribution in [0.4, 0.5) is 5.82 Å². The number of nitrogens with one attached hydrogen (secondary N) is 1. The van der Waals surface area contributed by atoms with E-state index in [1.165, 1.54) is 0 Å². The molecule has 0 aliphatic carbocycles. The van der Waals surface area contributed by atoms with Crippen molar-refractivity contribution in [1.82, 2.24) is 10.3 Å². The van der Waals surface area contributed by atoms with Crippen LogP contribution in [0.5, 0.6) is 5.75 Å². The van der Waals surface area contributed by atoms with Crippen LogP contribution in [0.15, 0.2) is 12.1 Å². The summed E-state index contributed by atoms with van der Waals surface area (Å²) in [5.41, 5.74) is 0.607. The molecule has 6 nitrogen and oxygen atoms in total. The molecule has 6 heteroatoms. The van der Waals surface area contributed by atoms with Crippen molar-refractivity contribution in [3.63, 3.8) is 0 Å². The van der Waals surface area contributed by atoms with Gasteiger partial charge < -0.3 is 20.2 Å². The number of pyridine rings is 1. The number of aryl methyl sites for hydroxylation is 1. The molecule has 1 heterocycles. The van der Waals surface area contributed by atoms with Crippen molar-refractivity contribution in [3.8, 4) is 5.75 Å². The minimum atomic E-state index is -0.519. The van der Waals surface area contributed by atoms with Gasteiger partial charge in [-0.1, -0.05) is 13.8 Å². The lowest BCUT2D eigenvalue weighted by Crippen LogP contribution is -2.24. The van der Waals surface area contributed by atoms with E-state index in [0.29, 0.717) is 18.3 Å². The van der Waals surface area contributed by atoms with Crippen LogP contribution in [-0.4, -0.2) is 29.1 Å². The van der Waals surface area contributed by atoms with Gasteiger partial charge in [0.1, 0.15) is 5.69 Å². The molecule has 1 aromatic heterocycles. The van der Waals surface area contributed by atoms with Crippen molar-refractivity contribution in [2.45, 2.75) is 33.2 Å². The summed E-state index contributed by atoms with van der Waals surface area (Å²) in [7, 11) is 0. The fourth-order valence-electron chi connectivity index (χ4n) is 1.42. The van der Waals surface area contributed by atoms with Crippen LogP contribution in [-0.2, 0) is 0 Å². The molecule has 0 unspecified atom stereocenters. The van der Waals surface area contributed by atoms with Gasteiger partial charge >= 0.3 is 5.82 Å². The Morgan fingerprint density at radius 2 is 2.22 bits per heavy atom. The van der Waals surface area contributed by atoms with Crippen molar-refractivity contribution < 1.29 is 9.66 Å². The predicted octanol–water partition coefficient (Wildman–Crippen LogP) is 2.07. The Labute approximate surface area is 107 Å². The van der Waals surface area contributed by atoms with Gasteiger partial charge in [0.2, 0.25) is 5.75 Å². The lowest BCUT2D eigenvalue weighted by Gasteiger charge is -2.09. The molecule has 0 aromatic carbocycles. The quantitative estimate of drug-likeness (QED) is 0.457. The van der Waals surface area contributed by atoms with Gasteiger partial charge in [0.25, 0.3) is 0 Å². The van der Waals surface area contributed by atoms with Gasteiger partial charge in [-0.25, -0.2) is 0 Å². The molecule has 0 atom stereocenters. The van der Waals surface area contributed by atoms with E-state index in [-0.39, 0.29) is 11.6 Å². The standard InChI is InChI=1S/C12H19N3O3/c1-9(2)13-7-4-8-18-11-6-5-10(3)14-12(11)15(16)17/h5-6,9,13H,4,7-8H2,1-3H3. The maximum atomic E-state index is 10.8. The van der Waals surface area contributed by atoms with Gasteiger partial charge in [-0.15, -0.1) is 0 Å². The minimum absolute atomic E-state index is 0.216. The van der Waals surface area contributed by atoms with E-state index in [1.807, 2.05) is 0 Å². The zero-order chi connectivity index (χ0) is 13.5. The third kappa shape index (κ3) is 4.67. The topological polar surface area (TPSA) is 77.3 Å². The zero-order valence-corrected chi connectivity index (χ0v) is 11.0. The first-order valence-corrected chi connectivity index (χ1v) is 5.99. The minimum Gasteiger partial charge on any atom is -0.486 e. The van der Waals surface area contributed by atoms with Crippen LogP contribution >= 0.6 is 0 Å². The lowest BCUT2D eigenvalue weighted by atomic mass is 10.3. The highest BCUT2D eigenvalue weighted by Gasteiger charge is 2.17. The van der Waals surface area contributed by atoms with Crippen LogP contribution in [0, 0.1) is 17.0 Å². The Morgan fingerprint density at radius 3 is 2.83 bits per heavy atom. The second kappa shape index (κ2) is 6.90. The number of aromatic nitrogens is 1. The summed E-state index contributed by atoms with van der Waals surface area (Å²) in [5, 5.41) is 14.1. The Hall–Kier alpha value is -1.69. The first-order chi connectivity index (χ1) is 8.50. The van der Waals surface area contributed by atoms with Gasteiger partial charge in [0.15, 0.2) is 0 Å². The average Bonchev–Trinajstić information content (AvgIpc) is 2.29. The summed E-state index contributed by atoms with van der Waals surface area (Å²) in [6.45, 7) is 7.10. The summed E-state index contributed by atoms with van der Waals surface area (Å²) in [5.74, 6) is 0.0157. The smallest absolute Gasteiger partial charge is 0.406 e. The summed E-state index contributed by atoms with van der Waals surface area (Å²) in [6.07, 6.45) is 0.795. The SMILES string of the molecule is Cc1ccc(OCCCNC(C)C)c([N+](=O)[O-])n1. The average molecular weight is 253 g/mol. The van der Waals surface area contributed by atoms with E-state index in [1.54, 1.807) is 19.1 Å². The maximum absolute atomic E-state index is 10.8. The van der Waals surface area contributed by atoms with Crippen LogP contribution in [0.1, 0.15) is 26.0 Å². The molecule has 0 aliphatic rings. The molecule has 0 radical (unpaired) electrons. The van der Waals surface area contributed by atoms with Crippen molar-refractivity contribution in [3.05, 3.63) is 27.9 Å². The number of hydrogen-bond donors (Lipinski definition) is 1. The fourth-order valence-corrected chi connectivity index (χ4v) is 1.42. The third-order valence-corrected chi connectivity index (χ3v) is 2.28. The predicted molar refractivity (Wildman–Crippen MR) is 68.9 cm³/mol. The molecule has 1 rings (SSSR count). The van der Waals surface area contributed by atoms with E-state index in [2.05, 4.69) is 24.1 Å². The van der Waals surface area contributed by atoms with Crippen molar-refractivity contribution >= 4 is 5.82 Å². The normalized spacial score (nSPS) is 10.7. The van der Waals surface area contributed by atoms with Crippen molar-refractivity contribution in [2.75, 3.05) is 13.2 Å². The van der Waals surface area contributed by atoms with Gasteiger partial charge in [-0.05, 0) is 35.0 Å². The molecule has 0 spiro atoms. The first kappa shape index (κ1) is 14.4. The van der Waals surface area contributed by atoms with Crippen LogP contribution < -0.4 is 10.1 Å². The molecule has 0 amide bonds. The second-order valence-electron chi connectivity index (χ2n) is 4.34. The zero-order valence-electron chi connectivity index (χ0n) is 11.0. The highest BCUT2D eigenvalue weighted by atomic mass is 16.6. The largest absolute Gasteiger partial charge is 0.486 e. The molecule has 18 heavy (non-hydrogen) atoms. The Balaban J connectivity index is 2.49. The molecule has 1 N–H and O–H groups in total. The lowest BCUT2D eigenvalue weighted by molar-refractivity contribution is -0.390. The summed E-state index contributed by atoms with van der Waals surface area (Å²) in [4.78, 5) is 14.1. The molecule has 0 saturated heterocycles. The second-order valence-corrected chi connectivity index (χ2v) is 4.34. The van der Waals surface area contributed by atoms with E-state index >= 15 is 0 Å². The number of ether oxygens (including phenoxy) is 1. The Morgan fingerprint density at radius 1 is 1.50 bits per heavy atom. The summed E-state index contributed by atoms with van der Waals surface area (Å²) in [6, 6.07) is 3.73. The monoisotopic (exact) mass is 253 g/mol. The summed E-state index contributed by atoms with van der Waals surface area (Å²) >= 11 is 0. The highest BCUT2D eigenvalue weighted by Crippen LogP contribution is 2.24. The molecule has 0 aliphatic heterocycles.